The molecule has 3 aromatic heterocycles. The van der Waals surface area contributed by atoms with Crippen LogP contribution in [-0.2, 0) is 0 Å². The van der Waals surface area contributed by atoms with Crippen molar-refractivity contribution in [2.24, 2.45) is 0 Å². The van der Waals surface area contributed by atoms with Crippen molar-refractivity contribution in [1.82, 2.24) is 29.5 Å². The van der Waals surface area contributed by atoms with E-state index in [-0.39, 0.29) is 17.7 Å². The first kappa shape index (κ1) is 20.3. The van der Waals surface area contributed by atoms with Gasteiger partial charge in [0.1, 0.15) is 23.4 Å². The van der Waals surface area contributed by atoms with Gasteiger partial charge in [-0.25, -0.2) is 19.9 Å². The Bertz CT molecular complexity index is 1590. The lowest BCUT2D eigenvalue weighted by Gasteiger charge is -2.21. The maximum Gasteiger partial charge on any atom is 0.266 e. The molecule has 0 radical (unpaired) electrons. The summed E-state index contributed by atoms with van der Waals surface area (Å²) in [7, 11) is 0. The summed E-state index contributed by atoms with van der Waals surface area (Å²) in [6.07, 6.45) is 5.44. The van der Waals surface area contributed by atoms with Crippen LogP contribution < -0.4 is 15.6 Å². The fraction of sp³-hybridized carbons (Fsp3) is 0.240. The van der Waals surface area contributed by atoms with Crippen molar-refractivity contribution in [3.63, 3.8) is 0 Å². The van der Waals surface area contributed by atoms with E-state index in [0.29, 0.717) is 39.4 Å². The molecule has 0 spiro atoms. The molecule has 170 valence electrons. The molecule has 0 aliphatic heterocycles. The predicted octanol–water partition coefficient (Wildman–Crippen LogP) is 4.07. The normalized spacial score (nSPS) is 14.4. The minimum Gasteiger partial charge on any atom is -0.490 e. The highest BCUT2D eigenvalue weighted by Gasteiger charge is 2.24. The number of hydrogen-bond donors (Lipinski definition) is 2. The number of nitrogens with zero attached hydrogens (tertiary/aromatic N) is 5. The second-order valence-corrected chi connectivity index (χ2v) is 8.58. The van der Waals surface area contributed by atoms with Crippen LogP contribution in [-0.4, -0.2) is 35.6 Å². The molecule has 1 aliphatic carbocycles. The first-order chi connectivity index (χ1) is 16.6. The summed E-state index contributed by atoms with van der Waals surface area (Å²) in [4.78, 5) is 34.7. The number of aromatic amines is 1. The highest BCUT2D eigenvalue weighted by molar-refractivity contribution is 5.83. The van der Waals surface area contributed by atoms with Gasteiger partial charge in [0.2, 0.25) is 0 Å². The summed E-state index contributed by atoms with van der Waals surface area (Å²) in [6.45, 7) is 3.88. The molecule has 1 fully saturated rings. The van der Waals surface area contributed by atoms with Gasteiger partial charge in [-0.2, -0.15) is 0 Å². The molecule has 5 aromatic rings. The number of aromatic nitrogens is 6. The molecule has 34 heavy (non-hydrogen) atoms. The van der Waals surface area contributed by atoms with Gasteiger partial charge in [0.15, 0.2) is 11.5 Å². The molecule has 1 aliphatic rings. The van der Waals surface area contributed by atoms with Crippen LogP contribution in [0.1, 0.15) is 37.2 Å². The number of H-pyrrole nitrogens is 1. The molecule has 1 unspecified atom stereocenters. The molecular formula is C25H23N7O2. The van der Waals surface area contributed by atoms with E-state index in [4.69, 9.17) is 9.72 Å². The van der Waals surface area contributed by atoms with E-state index in [2.05, 4.69) is 25.3 Å². The van der Waals surface area contributed by atoms with Gasteiger partial charge >= 0.3 is 0 Å². The molecule has 0 bridgehead atoms. The molecule has 3 heterocycles. The van der Waals surface area contributed by atoms with Gasteiger partial charge in [0.25, 0.3) is 5.56 Å². The van der Waals surface area contributed by atoms with Gasteiger partial charge < -0.3 is 15.0 Å². The third-order valence-electron chi connectivity index (χ3n) is 5.99. The van der Waals surface area contributed by atoms with E-state index < -0.39 is 0 Å². The average Bonchev–Trinajstić information content (AvgIpc) is 3.50. The molecule has 0 saturated heterocycles. The van der Waals surface area contributed by atoms with Gasteiger partial charge in [-0.05, 0) is 50.5 Å². The van der Waals surface area contributed by atoms with Gasteiger partial charge in [-0.3, -0.25) is 9.36 Å². The summed E-state index contributed by atoms with van der Waals surface area (Å²) in [5.74, 6) is 1.88. The predicted molar refractivity (Wildman–Crippen MR) is 129 cm³/mol. The van der Waals surface area contributed by atoms with Gasteiger partial charge in [0.05, 0.1) is 35.1 Å². The zero-order valence-corrected chi connectivity index (χ0v) is 18.8. The smallest absolute Gasteiger partial charge is 0.266 e. The van der Waals surface area contributed by atoms with Crippen molar-refractivity contribution in [3.05, 3.63) is 76.9 Å². The second kappa shape index (κ2) is 7.95. The van der Waals surface area contributed by atoms with Crippen molar-refractivity contribution in [3.8, 4) is 11.4 Å². The van der Waals surface area contributed by atoms with Crippen LogP contribution >= 0.6 is 0 Å². The van der Waals surface area contributed by atoms with Crippen molar-refractivity contribution >= 4 is 27.9 Å². The number of benzene rings is 2. The van der Waals surface area contributed by atoms with Crippen LogP contribution in [0.2, 0.25) is 0 Å². The molecule has 2 N–H and O–H groups in total. The lowest BCUT2D eigenvalue weighted by Crippen LogP contribution is -2.28. The van der Waals surface area contributed by atoms with Crippen molar-refractivity contribution in [1.29, 1.82) is 0 Å². The zero-order chi connectivity index (χ0) is 23.2. The molecule has 0 amide bonds. The van der Waals surface area contributed by atoms with E-state index in [0.717, 1.165) is 24.2 Å². The minimum absolute atomic E-state index is 0.122. The number of fused-ring (bicyclic) bond motifs is 2. The van der Waals surface area contributed by atoms with E-state index in [1.807, 2.05) is 56.3 Å². The maximum absolute atomic E-state index is 13.9. The number of hydrogen-bond acceptors (Lipinski definition) is 7. The van der Waals surface area contributed by atoms with Crippen LogP contribution in [0.4, 0.5) is 5.82 Å². The first-order valence-corrected chi connectivity index (χ1v) is 11.3. The van der Waals surface area contributed by atoms with E-state index in [1.165, 1.54) is 6.33 Å². The molecular weight excluding hydrogens is 430 g/mol. The molecule has 9 heteroatoms. The summed E-state index contributed by atoms with van der Waals surface area (Å²) in [5.41, 5.74) is 3.38. The fourth-order valence-corrected chi connectivity index (χ4v) is 4.17. The van der Waals surface area contributed by atoms with Gasteiger partial charge in [-0.15, -0.1) is 0 Å². The number of nitrogens with one attached hydrogen (secondary N) is 2. The fourth-order valence-electron chi connectivity index (χ4n) is 4.17. The van der Waals surface area contributed by atoms with Crippen molar-refractivity contribution in [2.45, 2.75) is 38.8 Å². The quantitative estimate of drug-likeness (QED) is 0.399. The monoisotopic (exact) mass is 453 g/mol. The van der Waals surface area contributed by atoms with E-state index in [1.54, 1.807) is 10.9 Å². The topological polar surface area (TPSA) is 111 Å². The number of aryl methyl sites for hydroxylation is 1. The molecule has 1 atom stereocenters. The van der Waals surface area contributed by atoms with Crippen LogP contribution in [0.3, 0.4) is 0 Å². The van der Waals surface area contributed by atoms with Crippen LogP contribution in [0.5, 0.6) is 5.75 Å². The number of rotatable bonds is 6. The highest BCUT2D eigenvalue weighted by Crippen LogP contribution is 2.29. The van der Waals surface area contributed by atoms with Gasteiger partial charge in [-0.1, -0.05) is 18.2 Å². The second-order valence-electron chi connectivity index (χ2n) is 8.58. The lowest BCUT2D eigenvalue weighted by atomic mass is 10.1. The Morgan fingerprint density at radius 2 is 2.00 bits per heavy atom. The zero-order valence-electron chi connectivity index (χ0n) is 18.8. The number of ether oxygens (including phenoxy) is 1. The first-order valence-electron chi connectivity index (χ1n) is 11.3. The van der Waals surface area contributed by atoms with Crippen LogP contribution in [0, 0.1) is 6.92 Å². The summed E-state index contributed by atoms with van der Waals surface area (Å²) >= 11 is 0. The third-order valence-corrected chi connectivity index (χ3v) is 5.99. The average molecular weight is 454 g/mol. The van der Waals surface area contributed by atoms with E-state index in [9.17, 15) is 4.79 Å². The SMILES string of the molecule is Cc1cccc2nc(C(C)Nc3ncnc4[nH]cnc34)n(-c3cccc(OC4CC4)c3)c(=O)c12. The number of anilines is 1. The summed E-state index contributed by atoms with van der Waals surface area (Å²) in [6, 6.07) is 13.0. The molecule has 9 nitrogen and oxygen atoms in total. The lowest BCUT2D eigenvalue weighted by molar-refractivity contribution is 0.303. The van der Waals surface area contributed by atoms with Crippen LogP contribution in [0.15, 0.2) is 59.9 Å². The Hall–Kier alpha value is -4.27. The Morgan fingerprint density at radius 1 is 1.15 bits per heavy atom. The van der Waals surface area contributed by atoms with Crippen LogP contribution in [0.25, 0.3) is 27.8 Å². The Morgan fingerprint density at radius 3 is 2.85 bits per heavy atom. The molecule has 2 aromatic carbocycles. The van der Waals surface area contributed by atoms with E-state index >= 15 is 0 Å². The molecule has 6 rings (SSSR count). The van der Waals surface area contributed by atoms with Gasteiger partial charge in [0, 0.05) is 6.07 Å². The summed E-state index contributed by atoms with van der Waals surface area (Å²) < 4.78 is 7.66. The maximum atomic E-state index is 13.9. The number of imidazole rings is 1. The standard InChI is InChI=1S/C25H23N7O2/c1-14-5-3-8-19-20(14)25(33)32(16-6-4-7-18(11-16)34-17-9-10-17)24(31-19)15(2)30-23-21-22(27-12-26-21)28-13-29-23/h3-8,11-13,15,17H,9-10H2,1-2H3,(H2,26,27,28,29,30). The van der Waals surface area contributed by atoms with Crippen molar-refractivity contribution in [2.75, 3.05) is 5.32 Å². The largest absolute Gasteiger partial charge is 0.490 e. The Labute approximate surface area is 194 Å². The Balaban J connectivity index is 1.51. The Kier molecular flexibility index (Phi) is 4.75. The summed E-state index contributed by atoms with van der Waals surface area (Å²) in [5, 5.41) is 3.97. The minimum atomic E-state index is -0.361. The van der Waals surface area contributed by atoms with Crippen molar-refractivity contribution < 1.29 is 4.74 Å². The highest BCUT2D eigenvalue weighted by atomic mass is 16.5. The third kappa shape index (κ3) is 3.55. The molecule has 1 saturated carbocycles.